The molecule has 1 atom stereocenters. The van der Waals surface area contributed by atoms with E-state index in [1.807, 2.05) is 0 Å². The molecule has 0 amide bonds. The fourth-order valence-corrected chi connectivity index (χ4v) is 4.00. The summed E-state index contributed by atoms with van der Waals surface area (Å²) in [5, 5.41) is 0. The van der Waals surface area contributed by atoms with Crippen LogP contribution in [-0.4, -0.2) is 0 Å². The van der Waals surface area contributed by atoms with E-state index < -0.39 is 0 Å². The summed E-state index contributed by atoms with van der Waals surface area (Å²) in [6, 6.07) is 0. The van der Waals surface area contributed by atoms with Gasteiger partial charge in [0.15, 0.2) is 0 Å². The molecule has 0 N–H and O–H groups in total. The largest absolute Gasteiger partial charge is 0.0649 e. The van der Waals surface area contributed by atoms with Gasteiger partial charge in [-0.1, -0.05) is 46.0 Å². The van der Waals surface area contributed by atoms with Crippen LogP contribution in [-0.2, 0) is 0 Å². The Morgan fingerprint density at radius 3 is 2.14 bits per heavy atom. The van der Waals surface area contributed by atoms with Crippen LogP contribution in [0.2, 0.25) is 0 Å². The maximum absolute atomic E-state index is 2.53. The van der Waals surface area contributed by atoms with Gasteiger partial charge in [0.05, 0.1) is 0 Å². The van der Waals surface area contributed by atoms with Gasteiger partial charge in [-0.15, -0.1) is 0 Å². The Morgan fingerprint density at radius 2 is 1.50 bits per heavy atom. The van der Waals surface area contributed by atoms with Gasteiger partial charge in [0.2, 0.25) is 0 Å². The zero-order valence-corrected chi connectivity index (χ0v) is 10.1. The topological polar surface area (TPSA) is 0 Å². The molecule has 2 aliphatic rings. The van der Waals surface area contributed by atoms with Gasteiger partial charge in [0, 0.05) is 0 Å². The lowest BCUT2D eigenvalue weighted by Crippen LogP contribution is -2.35. The third-order valence-electron chi connectivity index (χ3n) is 5.06. The molecule has 1 spiro atoms. The molecule has 0 aromatic heterocycles. The van der Waals surface area contributed by atoms with E-state index in [9.17, 15) is 0 Å². The fourth-order valence-electron chi connectivity index (χ4n) is 4.00. The Morgan fingerprint density at radius 1 is 0.857 bits per heavy atom. The SMILES string of the molecule is CC[C@]1(C)CCCC2(CCCCC2)C1. The van der Waals surface area contributed by atoms with Crippen LogP contribution in [0.3, 0.4) is 0 Å². The Labute approximate surface area is 89.5 Å². The summed E-state index contributed by atoms with van der Waals surface area (Å²) >= 11 is 0. The molecule has 0 heteroatoms. The first-order valence-electron chi connectivity index (χ1n) is 6.68. The number of hydrogen-bond acceptors (Lipinski definition) is 0. The number of hydrogen-bond donors (Lipinski definition) is 0. The third kappa shape index (κ3) is 1.99. The maximum atomic E-state index is 2.53. The first-order chi connectivity index (χ1) is 6.68. The van der Waals surface area contributed by atoms with E-state index in [0.717, 1.165) is 5.41 Å². The summed E-state index contributed by atoms with van der Waals surface area (Å²) in [6.07, 6.45) is 15.1. The first kappa shape index (κ1) is 10.5. The highest BCUT2D eigenvalue weighted by Crippen LogP contribution is 2.54. The van der Waals surface area contributed by atoms with E-state index in [1.165, 1.54) is 44.9 Å². The smallest absolute Gasteiger partial charge is 0.0292 e. The van der Waals surface area contributed by atoms with Crippen molar-refractivity contribution >= 4 is 0 Å². The van der Waals surface area contributed by atoms with E-state index in [0.29, 0.717) is 5.41 Å². The van der Waals surface area contributed by atoms with Gasteiger partial charge >= 0.3 is 0 Å². The van der Waals surface area contributed by atoms with E-state index in [1.54, 1.807) is 19.3 Å². The van der Waals surface area contributed by atoms with Crippen molar-refractivity contribution < 1.29 is 0 Å². The molecule has 0 bridgehead atoms. The van der Waals surface area contributed by atoms with Crippen molar-refractivity contribution in [2.75, 3.05) is 0 Å². The van der Waals surface area contributed by atoms with Crippen molar-refractivity contribution in [2.45, 2.75) is 78.1 Å². The van der Waals surface area contributed by atoms with Crippen molar-refractivity contribution in [3.63, 3.8) is 0 Å². The van der Waals surface area contributed by atoms with Gasteiger partial charge in [-0.2, -0.15) is 0 Å². The molecule has 0 saturated heterocycles. The molecule has 0 radical (unpaired) electrons. The maximum Gasteiger partial charge on any atom is -0.0292 e. The van der Waals surface area contributed by atoms with Crippen LogP contribution in [0.4, 0.5) is 0 Å². The summed E-state index contributed by atoms with van der Waals surface area (Å²) in [5.74, 6) is 0. The minimum Gasteiger partial charge on any atom is -0.0649 e. The van der Waals surface area contributed by atoms with Gasteiger partial charge < -0.3 is 0 Å². The highest BCUT2D eigenvalue weighted by molar-refractivity contribution is 4.93. The Balaban J connectivity index is 2.04. The molecule has 2 fully saturated rings. The summed E-state index contributed by atoms with van der Waals surface area (Å²) in [4.78, 5) is 0. The average Bonchev–Trinajstić information content (AvgIpc) is 2.19. The second-order valence-corrected chi connectivity index (χ2v) is 6.26. The van der Waals surface area contributed by atoms with Crippen molar-refractivity contribution in [3.8, 4) is 0 Å². The molecule has 0 heterocycles. The zero-order chi connectivity index (χ0) is 10.1. The van der Waals surface area contributed by atoms with Crippen LogP contribution in [0.1, 0.15) is 78.1 Å². The summed E-state index contributed by atoms with van der Waals surface area (Å²) in [6.45, 7) is 4.92. The van der Waals surface area contributed by atoms with Gasteiger partial charge in [-0.25, -0.2) is 0 Å². The normalized spacial score (nSPS) is 37.3. The van der Waals surface area contributed by atoms with Gasteiger partial charge in [0.1, 0.15) is 0 Å². The van der Waals surface area contributed by atoms with Gasteiger partial charge in [-0.3, -0.25) is 0 Å². The predicted molar refractivity (Wildman–Crippen MR) is 62.4 cm³/mol. The molecule has 2 aliphatic carbocycles. The molecular weight excluding hydrogens is 168 g/mol. The molecule has 0 aromatic carbocycles. The monoisotopic (exact) mass is 194 g/mol. The summed E-state index contributed by atoms with van der Waals surface area (Å²) in [5.41, 5.74) is 1.48. The Kier molecular flexibility index (Phi) is 2.91. The van der Waals surface area contributed by atoms with Crippen molar-refractivity contribution in [1.29, 1.82) is 0 Å². The summed E-state index contributed by atoms with van der Waals surface area (Å²) in [7, 11) is 0. The van der Waals surface area contributed by atoms with Crippen molar-refractivity contribution in [3.05, 3.63) is 0 Å². The zero-order valence-electron chi connectivity index (χ0n) is 10.1. The molecule has 2 rings (SSSR count). The van der Waals surface area contributed by atoms with Crippen molar-refractivity contribution in [2.24, 2.45) is 10.8 Å². The molecule has 0 nitrogen and oxygen atoms in total. The van der Waals surface area contributed by atoms with Gasteiger partial charge in [0.25, 0.3) is 0 Å². The number of rotatable bonds is 1. The average molecular weight is 194 g/mol. The minimum atomic E-state index is 0.690. The Bertz CT molecular complexity index is 183. The lowest BCUT2D eigenvalue weighted by atomic mass is 9.57. The first-order valence-corrected chi connectivity index (χ1v) is 6.68. The second kappa shape index (κ2) is 3.87. The van der Waals surface area contributed by atoms with E-state index in [-0.39, 0.29) is 0 Å². The van der Waals surface area contributed by atoms with Gasteiger partial charge in [-0.05, 0) is 42.9 Å². The standard InChI is InChI=1S/C14H26/c1-3-13(2)8-7-11-14(12-13)9-5-4-6-10-14/h3-12H2,1-2H3/t13-/m1/s1. The van der Waals surface area contributed by atoms with Crippen LogP contribution in [0.5, 0.6) is 0 Å². The molecule has 82 valence electrons. The predicted octanol–water partition coefficient (Wildman–Crippen LogP) is 4.93. The molecular formula is C14H26. The second-order valence-electron chi connectivity index (χ2n) is 6.26. The van der Waals surface area contributed by atoms with Crippen LogP contribution in [0.15, 0.2) is 0 Å². The highest BCUT2D eigenvalue weighted by Gasteiger charge is 2.41. The van der Waals surface area contributed by atoms with Crippen molar-refractivity contribution in [1.82, 2.24) is 0 Å². The summed E-state index contributed by atoms with van der Waals surface area (Å²) < 4.78 is 0. The Hall–Kier alpha value is 0. The lowest BCUT2D eigenvalue weighted by Gasteiger charge is -2.48. The molecule has 0 aliphatic heterocycles. The highest BCUT2D eigenvalue weighted by atomic mass is 14.5. The van der Waals surface area contributed by atoms with Crippen LogP contribution < -0.4 is 0 Å². The minimum absolute atomic E-state index is 0.690. The molecule has 14 heavy (non-hydrogen) atoms. The van der Waals surface area contributed by atoms with E-state index in [2.05, 4.69) is 13.8 Å². The quantitative estimate of drug-likeness (QED) is 0.555. The lowest BCUT2D eigenvalue weighted by molar-refractivity contribution is 0.0346. The van der Waals surface area contributed by atoms with E-state index >= 15 is 0 Å². The van der Waals surface area contributed by atoms with E-state index in [4.69, 9.17) is 0 Å². The van der Waals surface area contributed by atoms with Crippen LogP contribution >= 0.6 is 0 Å². The molecule has 0 unspecified atom stereocenters. The van der Waals surface area contributed by atoms with Crippen LogP contribution in [0.25, 0.3) is 0 Å². The molecule has 0 aromatic rings. The van der Waals surface area contributed by atoms with Crippen LogP contribution in [0, 0.1) is 10.8 Å². The molecule has 2 saturated carbocycles. The fraction of sp³-hybridized carbons (Fsp3) is 1.00. The third-order valence-corrected chi connectivity index (χ3v) is 5.06.